The summed E-state index contributed by atoms with van der Waals surface area (Å²) in [7, 11) is 0. The molecule has 0 aliphatic carbocycles. The number of rotatable bonds is 6. The summed E-state index contributed by atoms with van der Waals surface area (Å²) in [6, 6.07) is 13.7. The van der Waals surface area contributed by atoms with Gasteiger partial charge < -0.3 is 10.2 Å². The normalized spacial score (nSPS) is 13.6. The van der Waals surface area contributed by atoms with Crippen LogP contribution in [0.2, 0.25) is 5.02 Å². The van der Waals surface area contributed by atoms with Crippen LogP contribution in [0.5, 0.6) is 0 Å². The van der Waals surface area contributed by atoms with Gasteiger partial charge in [-0.05, 0) is 62.6 Å². The van der Waals surface area contributed by atoms with Crippen LogP contribution in [-0.4, -0.2) is 39.5 Å². The van der Waals surface area contributed by atoms with Crippen LogP contribution in [-0.2, 0) is 4.79 Å². The van der Waals surface area contributed by atoms with Crippen LogP contribution < -0.4 is 10.2 Å². The molecule has 2 heterocycles. The van der Waals surface area contributed by atoms with E-state index in [-0.39, 0.29) is 11.7 Å². The first-order valence-electron chi connectivity index (χ1n) is 9.97. The predicted molar refractivity (Wildman–Crippen MR) is 123 cm³/mol. The molecule has 1 N–H and O–H groups in total. The number of thioether (sulfide) groups is 1. The first-order chi connectivity index (χ1) is 14.5. The summed E-state index contributed by atoms with van der Waals surface area (Å²) in [4.78, 5) is 14.8. The van der Waals surface area contributed by atoms with Gasteiger partial charge in [0.2, 0.25) is 11.9 Å². The van der Waals surface area contributed by atoms with Gasteiger partial charge in [0.1, 0.15) is 0 Å². The van der Waals surface area contributed by atoms with Crippen molar-refractivity contribution < 1.29 is 4.79 Å². The van der Waals surface area contributed by atoms with Crippen molar-refractivity contribution in [2.75, 3.05) is 29.1 Å². The summed E-state index contributed by atoms with van der Waals surface area (Å²) in [6.07, 6.45) is 2.32. The van der Waals surface area contributed by atoms with Gasteiger partial charge in [-0.3, -0.25) is 9.36 Å². The van der Waals surface area contributed by atoms with E-state index < -0.39 is 0 Å². The van der Waals surface area contributed by atoms with Gasteiger partial charge in [-0.2, -0.15) is 0 Å². The van der Waals surface area contributed by atoms with Crippen LogP contribution in [0, 0.1) is 13.8 Å². The SMILES string of the molecule is Cc1ccc(-n2c(SCC(=O)Nc3ccc(Cl)cc3C)nnc2N2CCCC2)cc1. The number of halogens is 1. The van der Waals surface area contributed by atoms with Crippen LogP contribution in [0.3, 0.4) is 0 Å². The highest BCUT2D eigenvalue weighted by Gasteiger charge is 2.23. The van der Waals surface area contributed by atoms with E-state index in [1.165, 1.54) is 17.3 Å². The van der Waals surface area contributed by atoms with Crippen molar-refractivity contribution in [2.45, 2.75) is 31.8 Å². The third kappa shape index (κ3) is 4.63. The second kappa shape index (κ2) is 9.10. The molecule has 3 aromatic rings. The van der Waals surface area contributed by atoms with E-state index in [9.17, 15) is 4.79 Å². The summed E-state index contributed by atoms with van der Waals surface area (Å²) < 4.78 is 2.05. The van der Waals surface area contributed by atoms with Gasteiger partial charge >= 0.3 is 0 Å². The minimum atomic E-state index is -0.0911. The maximum absolute atomic E-state index is 12.5. The third-order valence-electron chi connectivity index (χ3n) is 5.09. The number of benzene rings is 2. The molecule has 1 amide bonds. The van der Waals surface area contributed by atoms with Gasteiger partial charge in [0, 0.05) is 23.8 Å². The fourth-order valence-electron chi connectivity index (χ4n) is 3.48. The lowest BCUT2D eigenvalue weighted by Gasteiger charge is -2.18. The van der Waals surface area contributed by atoms with Crippen molar-refractivity contribution in [1.29, 1.82) is 0 Å². The number of hydrogen-bond donors (Lipinski definition) is 1. The van der Waals surface area contributed by atoms with Crippen molar-refractivity contribution in [3.05, 3.63) is 58.6 Å². The Balaban J connectivity index is 1.53. The quantitative estimate of drug-likeness (QED) is 0.553. The molecule has 0 saturated carbocycles. The summed E-state index contributed by atoms with van der Waals surface area (Å²) in [5, 5.41) is 13.2. The van der Waals surface area contributed by atoms with Crippen molar-refractivity contribution in [3.8, 4) is 5.69 Å². The molecule has 0 atom stereocenters. The van der Waals surface area contributed by atoms with Crippen molar-refractivity contribution in [3.63, 3.8) is 0 Å². The number of aromatic nitrogens is 3. The largest absolute Gasteiger partial charge is 0.341 e. The topological polar surface area (TPSA) is 63.1 Å². The van der Waals surface area contributed by atoms with Gasteiger partial charge in [0.15, 0.2) is 5.16 Å². The van der Waals surface area contributed by atoms with Gasteiger partial charge in [-0.15, -0.1) is 10.2 Å². The highest BCUT2D eigenvalue weighted by Crippen LogP contribution is 2.29. The van der Waals surface area contributed by atoms with Crippen molar-refractivity contribution in [1.82, 2.24) is 14.8 Å². The maximum atomic E-state index is 12.5. The molecular weight excluding hydrogens is 418 g/mol. The molecule has 6 nitrogen and oxygen atoms in total. The molecule has 0 bridgehead atoms. The molecule has 1 aromatic heterocycles. The third-order valence-corrected chi connectivity index (χ3v) is 6.26. The molecule has 156 valence electrons. The number of aryl methyl sites for hydroxylation is 2. The predicted octanol–water partition coefficient (Wildman–Crippen LogP) is 4.87. The number of anilines is 2. The van der Waals surface area contributed by atoms with Crippen molar-refractivity contribution >= 4 is 40.9 Å². The first kappa shape index (κ1) is 20.8. The smallest absolute Gasteiger partial charge is 0.234 e. The van der Waals surface area contributed by atoms with Crippen LogP contribution in [0.1, 0.15) is 24.0 Å². The average molecular weight is 442 g/mol. The Morgan fingerprint density at radius 3 is 2.53 bits per heavy atom. The minimum Gasteiger partial charge on any atom is -0.341 e. The molecule has 1 fully saturated rings. The number of carbonyl (C=O) groups is 1. The zero-order valence-electron chi connectivity index (χ0n) is 17.1. The molecule has 0 unspecified atom stereocenters. The number of carbonyl (C=O) groups excluding carboxylic acids is 1. The monoisotopic (exact) mass is 441 g/mol. The Kier molecular flexibility index (Phi) is 6.29. The molecule has 30 heavy (non-hydrogen) atoms. The standard InChI is InChI=1S/C22H24ClN5OS/c1-15-5-8-18(9-6-15)28-21(27-11-3-4-12-27)25-26-22(28)30-14-20(29)24-19-10-7-17(23)13-16(19)2/h5-10,13H,3-4,11-12,14H2,1-2H3,(H,24,29). The van der Waals surface area contributed by atoms with Crippen LogP contribution in [0.4, 0.5) is 11.6 Å². The van der Waals surface area contributed by atoms with Crippen LogP contribution in [0.25, 0.3) is 5.69 Å². The second-order valence-corrected chi connectivity index (χ2v) is 8.82. The van der Waals surface area contributed by atoms with E-state index >= 15 is 0 Å². The van der Waals surface area contributed by atoms with Crippen LogP contribution >= 0.6 is 23.4 Å². The Hall–Kier alpha value is -2.51. The minimum absolute atomic E-state index is 0.0911. The number of amides is 1. The summed E-state index contributed by atoms with van der Waals surface area (Å²) >= 11 is 7.38. The van der Waals surface area contributed by atoms with Gasteiger partial charge in [-0.25, -0.2) is 0 Å². The summed E-state index contributed by atoms with van der Waals surface area (Å²) in [5.41, 5.74) is 3.90. The lowest BCUT2D eigenvalue weighted by molar-refractivity contribution is -0.113. The summed E-state index contributed by atoms with van der Waals surface area (Å²) in [5.74, 6) is 0.992. The van der Waals surface area contributed by atoms with Gasteiger partial charge in [-0.1, -0.05) is 41.1 Å². The Morgan fingerprint density at radius 1 is 1.10 bits per heavy atom. The highest BCUT2D eigenvalue weighted by atomic mass is 35.5. The number of nitrogens with one attached hydrogen (secondary N) is 1. The molecule has 0 radical (unpaired) electrons. The molecule has 1 saturated heterocycles. The van der Waals surface area contributed by atoms with Crippen molar-refractivity contribution in [2.24, 2.45) is 0 Å². The Morgan fingerprint density at radius 2 is 1.83 bits per heavy atom. The van der Waals surface area contributed by atoms with Crippen LogP contribution in [0.15, 0.2) is 47.6 Å². The maximum Gasteiger partial charge on any atom is 0.234 e. The van der Waals surface area contributed by atoms with E-state index in [0.29, 0.717) is 10.2 Å². The fourth-order valence-corrected chi connectivity index (χ4v) is 4.45. The molecule has 2 aromatic carbocycles. The van der Waals surface area contributed by atoms with E-state index in [4.69, 9.17) is 11.6 Å². The zero-order chi connectivity index (χ0) is 21.1. The molecule has 4 rings (SSSR count). The molecule has 1 aliphatic heterocycles. The number of nitrogens with zero attached hydrogens (tertiary/aromatic N) is 4. The highest BCUT2D eigenvalue weighted by molar-refractivity contribution is 7.99. The van der Waals surface area contributed by atoms with E-state index in [1.807, 2.05) is 19.1 Å². The average Bonchev–Trinajstić information content (AvgIpc) is 3.39. The molecular formula is C22H24ClN5OS. The van der Waals surface area contributed by atoms with Gasteiger partial charge in [0.05, 0.1) is 11.4 Å². The van der Waals surface area contributed by atoms with E-state index in [1.54, 1.807) is 6.07 Å². The van der Waals surface area contributed by atoms with Gasteiger partial charge in [0.25, 0.3) is 0 Å². The molecule has 0 spiro atoms. The zero-order valence-corrected chi connectivity index (χ0v) is 18.6. The molecule has 8 heteroatoms. The second-order valence-electron chi connectivity index (χ2n) is 7.44. The Labute approximate surface area is 185 Å². The van der Waals surface area contributed by atoms with E-state index in [2.05, 4.69) is 56.2 Å². The van der Waals surface area contributed by atoms with E-state index in [0.717, 1.165) is 48.8 Å². The lowest BCUT2D eigenvalue weighted by atomic mass is 10.2. The number of hydrogen-bond acceptors (Lipinski definition) is 5. The summed E-state index contributed by atoms with van der Waals surface area (Å²) in [6.45, 7) is 5.94. The lowest BCUT2D eigenvalue weighted by Crippen LogP contribution is -2.22. The Bertz CT molecular complexity index is 1040. The fraction of sp³-hybridized carbons (Fsp3) is 0.318. The first-order valence-corrected chi connectivity index (χ1v) is 11.3. The molecule has 1 aliphatic rings.